The van der Waals surface area contributed by atoms with Crippen LogP contribution in [0.25, 0.3) is 10.2 Å². The van der Waals surface area contributed by atoms with Gasteiger partial charge in [-0.25, -0.2) is 14.2 Å². The smallest absolute Gasteiger partial charge is 0.409 e. The van der Waals surface area contributed by atoms with Crippen molar-refractivity contribution in [3.8, 4) is 5.75 Å². The summed E-state index contributed by atoms with van der Waals surface area (Å²) < 4.78 is 19.2. The van der Waals surface area contributed by atoms with Crippen molar-refractivity contribution in [2.45, 2.75) is 0 Å². The van der Waals surface area contributed by atoms with Gasteiger partial charge in [0.25, 0.3) is 5.91 Å². The number of benzene rings is 1. The molecule has 0 spiro atoms. The zero-order chi connectivity index (χ0) is 18.8. The SMILES string of the molecule is O=C(Oc1cccnc1)N1CCN(C(=O)c2nc3ccc(F)cc3s2)CC1. The second kappa shape index (κ2) is 7.28. The van der Waals surface area contributed by atoms with E-state index in [9.17, 15) is 14.0 Å². The number of nitrogens with zero attached hydrogens (tertiary/aromatic N) is 4. The maximum Gasteiger partial charge on any atom is 0.415 e. The molecule has 4 rings (SSSR count). The van der Waals surface area contributed by atoms with E-state index in [2.05, 4.69) is 9.97 Å². The number of piperazine rings is 1. The van der Waals surface area contributed by atoms with Crippen LogP contribution in [-0.4, -0.2) is 57.9 Å². The summed E-state index contributed by atoms with van der Waals surface area (Å²) >= 11 is 1.17. The Morgan fingerprint density at radius 2 is 1.89 bits per heavy atom. The maximum atomic E-state index is 13.3. The number of aromatic nitrogens is 2. The number of carbonyl (C=O) groups excluding carboxylic acids is 2. The zero-order valence-electron chi connectivity index (χ0n) is 14.2. The molecular weight excluding hydrogens is 371 g/mol. The van der Waals surface area contributed by atoms with Gasteiger partial charge in [0.2, 0.25) is 0 Å². The van der Waals surface area contributed by atoms with Crippen molar-refractivity contribution in [3.05, 3.63) is 53.6 Å². The molecule has 2 amide bonds. The fourth-order valence-electron chi connectivity index (χ4n) is 2.79. The highest BCUT2D eigenvalue weighted by atomic mass is 32.1. The number of halogens is 1. The van der Waals surface area contributed by atoms with Gasteiger partial charge in [-0.05, 0) is 30.3 Å². The summed E-state index contributed by atoms with van der Waals surface area (Å²) in [5.41, 5.74) is 0.600. The number of ether oxygens (including phenoxy) is 1. The molecule has 0 saturated carbocycles. The van der Waals surface area contributed by atoms with Crippen LogP contribution < -0.4 is 4.74 Å². The van der Waals surface area contributed by atoms with Crippen molar-refractivity contribution in [2.75, 3.05) is 26.2 Å². The van der Waals surface area contributed by atoms with Gasteiger partial charge in [0.1, 0.15) is 5.82 Å². The molecule has 0 radical (unpaired) electrons. The first-order valence-electron chi connectivity index (χ1n) is 8.32. The Bertz CT molecular complexity index is 987. The van der Waals surface area contributed by atoms with E-state index in [0.717, 1.165) is 0 Å². The molecule has 2 aromatic heterocycles. The third-order valence-electron chi connectivity index (χ3n) is 4.20. The second-order valence-corrected chi connectivity index (χ2v) is 7.00. The van der Waals surface area contributed by atoms with Crippen LogP contribution in [0.2, 0.25) is 0 Å². The molecule has 1 fully saturated rings. The van der Waals surface area contributed by atoms with Crippen molar-refractivity contribution in [2.24, 2.45) is 0 Å². The highest BCUT2D eigenvalue weighted by Gasteiger charge is 2.27. The molecule has 3 aromatic rings. The largest absolute Gasteiger partial charge is 0.415 e. The molecule has 1 aliphatic rings. The number of hydrogen-bond donors (Lipinski definition) is 0. The van der Waals surface area contributed by atoms with Gasteiger partial charge in [-0.1, -0.05) is 0 Å². The topological polar surface area (TPSA) is 75.6 Å². The van der Waals surface area contributed by atoms with Gasteiger partial charge in [0.15, 0.2) is 10.8 Å². The van der Waals surface area contributed by atoms with Crippen LogP contribution in [0, 0.1) is 5.82 Å². The highest BCUT2D eigenvalue weighted by Crippen LogP contribution is 2.24. The third kappa shape index (κ3) is 3.72. The molecule has 3 heterocycles. The number of amides is 2. The Morgan fingerprint density at radius 3 is 2.63 bits per heavy atom. The average molecular weight is 386 g/mol. The molecule has 0 bridgehead atoms. The van der Waals surface area contributed by atoms with Crippen molar-refractivity contribution >= 4 is 33.6 Å². The van der Waals surface area contributed by atoms with Crippen molar-refractivity contribution in [1.82, 2.24) is 19.8 Å². The first kappa shape index (κ1) is 17.3. The minimum Gasteiger partial charge on any atom is -0.409 e. The van der Waals surface area contributed by atoms with E-state index in [1.54, 1.807) is 34.2 Å². The Kier molecular flexibility index (Phi) is 4.68. The lowest BCUT2D eigenvalue weighted by molar-refractivity contribution is 0.0633. The quantitative estimate of drug-likeness (QED) is 0.677. The lowest BCUT2D eigenvalue weighted by atomic mass is 10.3. The predicted octanol–water partition coefficient (Wildman–Crippen LogP) is 2.79. The minimum atomic E-state index is -0.467. The third-order valence-corrected chi connectivity index (χ3v) is 5.20. The molecule has 0 atom stereocenters. The highest BCUT2D eigenvalue weighted by molar-refractivity contribution is 7.20. The second-order valence-electron chi connectivity index (χ2n) is 5.97. The Hall–Kier alpha value is -3.07. The number of rotatable bonds is 2. The van der Waals surface area contributed by atoms with Gasteiger partial charge in [-0.2, -0.15) is 0 Å². The predicted molar refractivity (Wildman–Crippen MR) is 97.3 cm³/mol. The molecule has 1 aliphatic heterocycles. The maximum absolute atomic E-state index is 13.3. The summed E-state index contributed by atoms with van der Waals surface area (Å²) in [5.74, 6) is -0.189. The molecule has 27 heavy (non-hydrogen) atoms. The average Bonchev–Trinajstić information content (AvgIpc) is 3.11. The lowest BCUT2D eigenvalue weighted by Crippen LogP contribution is -2.51. The summed E-state index contributed by atoms with van der Waals surface area (Å²) in [4.78, 5) is 36.2. The number of fused-ring (bicyclic) bond motifs is 1. The summed E-state index contributed by atoms with van der Waals surface area (Å²) in [6, 6.07) is 7.59. The van der Waals surface area contributed by atoms with Gasteiger partial charge in [-0.3, -0.25) is 9.78 Å². The van der Waals surface area contributed by atoms with Crippen LogP contribution >= 0.6 is 11.3 Å². The van der Waals surface area contributed by atoms with Crippen LogP contribution in [0.4, 0.5) is 9.18 Å². The summed E-state index contributed by atoms with van der Waals surface area (Å²) in [5, 5.41) is 0.321. The first-order chi connectivity index (χ1) is 13.1. The zero-order valence-corrected chi connectivity index (χ0v) is 15.0. The molecule has 7 nitrogen and oxygen atoms in total. The number of thiazole rings is 1. The van der Waals surface area contributed by atoms with E-state index in [4.69, 9.17) is 4.74 Å². The first-order valence-corrected chi connectivity index (χ1v) is 9.14. The van der Waals surface area contributed by atoms with E-state index in [0.29, 0.717) is 47.2 Å². The number of carbonyl (C=O) groups is 2. The van der Waals surface area contributed by atoms with E-state index in [1.165, 1.54) is 29.7 Å². The Morgan fingerprint density at radius 1 is 1.11 bits per heavy atom. The van der Waals surface area contributed by atoms with E-state index < -0.39 is 6.09 Å². The minimum absolute atomic E-state index is 0.211. The normalized spacial score (nSPS) is 14.4. The Labute approximate surface area is 158 Å². The van der Waals surface area contributed by atoms with Crippen LogP contribution in [0.1, 0.15) is 9.80 Å². The van der Waals surface area contributed by atoms with Crippen molar-refractivity contribution in [3.63, 3.8) is 0 Å². The van der Waals surface area contributed by atoms with Gasteiger partial charge in [0.05, 0.1) is 16.4 Å². The standard InChI is InChI=1S/C18H15FN4O3S/c19-12-3-4-14-15(10-12)27-16(21-14)17(24)22-6-8-23(9-7-22)18(25)26-13-2-1-5-20-11-13/h1-5,10-11H,6-9H2. The fraction of sp³-hybridized carbons (Fsp3) is 0.222. The number of pyridine rings is 1. The summed E-state index contributed by atoms with van der Waals surface area (Å²) in [6.45, 7) is 1.49. The van der Waals surface area contributed by atoms with Gasteiger partial charge >= 0.3 is 6.09 Å². The number of hydrogen-bond acceptors (Lipinski definition) is 6. The van der Waals surface area contributed by atoms with Gasteiger partial charge < -0.3 is 14.5 Å². The van der Waals surface area contributed by atoms with Gasteiger partial charge in [-0.15, -0.1) is 11.3 Å². The molecule has 0 N–H and O–H groups in total. The van der Waals surface area contributed by atoms with Gasteiger partial charge in [0, 0.05) is 32.4 Å². The van der Waals surface area contributed by atoms with E-state index in [1.807, 2.05) is 0 Å². The van der Waals surface area contributed by atoms with Crippen LogP contribution in [-0.2, 0) is 0 Å². The van der Waals surface area contributed by atoms with E-state index >= 15 is 0 Å². The van der Waals surface area contributed by atoms with E-state index in [-0.39, 0.29) is 11.7 Å². The molecule has 0 aliphatic carbocycles. The molecule has 0 unspecified atom stereocenters. The van der Waals surface area contributed by atoms with Crippen molar-refractivity contribution in [1.29, 1.82) is 0 Å². The van der Waals surface area contributed by atoms with Crippen LogP contribution in [0.3, 0.4) is 0 Å². The molecule has 1 saturated heterocycles. The van der Waals surface area contributed by atoms with Crippen LogP contribution in [0.5, 0.6) is 5.75 Å². The molecular formula is C18H15FN4O3S. The molecule has 1 aromatic carbocycles. The monoisotopic (exact) mass is 386 g/mol. The summed E-state index contributed by atoms with van der Waals surface area (Å²) in [6.07, 6.45) is 2.59. The van der Waals surface area contributed by atoms with Crippen molar-refractivity contribution < 1.29 is 18.7 Å². The fourth-order valence-corrected chi connectivity index (χ4v) is 3.75. The Balaban J connectivity index is 1.38. The molecule has 9 heteroatoms. The summed E-state index contributed by atoms with van der Waals surface area (Å²) in [7, 11) is 0. The molecule has 138 valence electrons. The van der Waals surface area contributed by atoms with Crippen LogP contribution in [0.15, 0.2) is 42.7 Å². The lowest BCUT2D eigenvalue weighted by Gasteiger charge is -2.33.